The standard InChI is InChI=1S/C13H16N2O4/c1-13(2,9-6-4-3-5-7-9)11(17)19-8-10(16)15-12(14)18/h3-7H,8H2,1-2H3,(H3,14,15,16,18). The SMILES string of the molecule is CC(C)(C(=O)OCC(=O)NC(N)=O)c1ccccc1. The lowest BCUT2D eigenvalue weighted by atomic mass is 9.85. The number of primary amides is 1. The van der Waals surface area contributed by atoms with E-state index in [0.717, 1.165) is 5.56 Å². The zero-order valence-corrected chi connectivity index (χ0v) is 10.8. The zero-order chi connectivity index (χ0) is 14.5. The first-order valence-electron chi connectivity index (χ1n) is 5.66. The van der Waals surface area contributed by atoms with E-state index >= 15 is 0 Å². The Morgan fingerprint density at radius 3 is 2.32 bits per heavy atom. The van der Waals surface area contributed by atoms with Gasteiger partial charge in [-0.3, -0.25) is 14.9 Å². The summed E-state index contributed by atoms with van der Waals surface area (Å²) in [7, 11) is 0. The van der Waals surface area contributed by atoms with E-state index in [1.807, 2.05) is 23.5 Å². The summed E-state index contributed by atoms with van der Waals surface area (Å²) in [6.45, 7) is 2.84. The van der Waals surface area contributed by atoms with Gasteiger partial charge in [0.15, 0.2) is 6.61 Å². The molecule has 3 N–H and O–H groups in total. The Kier molecular flexibility index (Phi) is 4.63. The maximum absolute atomic E-state index is 11.9. The van der Waals surface area contributed by atoms with Gasteiger partial charge >= 0.3 is 12.0 Å². The van der Waals surface area contributed by atoms with Crippen molar-refractivity contribution in [1.82, 2.24) is 5.32 Å². The van der Waals surface area contributed by atoms with Gasteiger partial charge in [0.1, 0.15) is 0 Å². The number of nitrogens with two attached hydrogens (primary N) is 1. The van der Waals surface area contributed by atoms with E-state index in [2.05, 4.69) is 0 Å². The van der Waals surface area contributed by atoms with E-state index < -0.39 is 29.9 Å². The van der Waals surface area contributed by atoms with Crippen LogP contribution in [0, 0.1) is 0 Å². The zero-order valence-electron chi connectivity index (χ0n) is 10.8. The van der Waals surface area contributed by atoms with Crippen molar-refractivity contribution in [2.24, 2.45) is 5.73 Å². The van der Waals surface area contributed by atoms with E-state index in [1.54, 1.807) is 26.0 Å². The number of rotatable bonds is 4. The molecule has 0 spiro atoms. The molecule has 0 aliphatic rings. The topological polar surface area (TPSA) is 98.5 Å². The molecule has 0 aliphatic carbocycles. The highest BCUT2D eigenvalue weighted by Gasteiger charge is 2.31. The fraction of sp³-hybridized carbons (Fsp3) is 0.308. The molecular weight excluding hydrogens is 248 g/mol. The van der Waals surface area contributed by atoms with Crippen molar-refractivity contribution in [2.75, 3.05) is 6.61 Å². The van der Waals surface area contributed by atoms with Gasteiger partial charge in [0.2, 0.25) is 0 Å². The minimum absolute atomic E-state index is 0.544. The van der Waals surface area contributed by atoms with Crippen molar-refractivity contribution in [3.8, 4) is 0 Å². The number of benzene rings is 1. The third-order valence-corrected chi connectivity index (χ3v) is 2.60. The van der Waals surface area contributed by atoms with Gasteiger partial charge in [-0.05, 0) is 19.4 Å². The van der Waals surface area contributed by atoms with Crippen LogP contribution in [0.2, 0.25) is 0 Å². The van der Waals surface area contributed by atoms with Gasteiger partial charge < -0.3 is 10.5 Å². The molecule has 1 rings (SSSR count). The Balaban J connectivity index is 2.63. The number of ether oxygens (including phenoxy) is 1. The van der Waals surface area contributed by atoms with Crippen molar-refractivity contribution in [1.29, 1.82) is 0 Å². The third-order valence-electron chi connectivity index (χ3n) is 2.60. The van der Waals surface area contributed by atoms with Crippen LogP contribution >= 0.6 is 0 Å². The molecule has 0 saturated carbocycles. The van der Waals surface area contributed by atoms with E-state index in [4.69, 9.17) is 10.5 Å². The van der Waals surface area contributed by atoms with Crippen LogP contribution in [-0.2, 0) is 19.7 Å². The number of imide groups is 1. The summed E-state index contributed by atoms with van der Waals surface area (Å²) in [5.74, 6) is -1.32. The smallest absolute Gasteiger partial charge is 0.318 e. The largest absolute Gasteiger partial charge is 0.455 e. The van der Waals surface area contributed by atoms with E-state index in [9.17, 15) is 14.4 Å². The molecule has 1 aromatic carbocycles. The molecule has 102 valence electrons. The first-order valence-corrected chi connectivity index (χ1v) is 5.66. The number of hydrogen-bond donors (Lipinski definition) is 2. The molecule has 0 bridgehead atoms. The lowest BCUT2D eigenvalue weighted by Crippen LogP contribution is -2.39. The van der Waals surface area contributed by atoms with Crippen LogP contribution in [0.1, 0.15) is 19.4 Å². The fourth-order valence-electron chi connectivity index (χ4n) is 1.46. The fourth-order valence-corrected chi connectivity index (χ4v) is 1.46. The van der Waals surface area contributed by atoms with E-state index in [-0.39, 0.29) is 0 Å². The molecule has 0 saturated heterocycles. The first-order chi connectivity index (χ1) is 8.84. The summed E-state index contributed by atoms with van der Waals surface area (Å²) in [6.07, 6.45) is 0. The Hall–Kier alpha value is -2.37. The molecule has 1 aromatic rings. The molecule has 0 fully saturated rings. The quantitative estimate of drug-likeness (QED) is 0.782. The maximum atomic E-state index is 11.9. The third kappa shape index (κ3) is 4.09. The van der Waals surface area contributed by atoms with Crippen LogP contribution in [0.4, 0.5) is 4.79 Å². The Morgan fingerprint density at radius 1 is 1.21 bits per heavy atom. The number of esters is 1. The number of carbonyl (C=O) groups excluding carboxylic acids is 3. The summed E-state index contributed by atoms with van der Waals surface area (Å²) in [6, 6.07) is 8.07. The predicted octanol–water partition coefficient (Wildman–Crippen LogP) is 0.702. The van der Waals surface area contributed by atoms with E-state index in [0.29, 0.717) is 0 Å². The second-order valence-electron chi connectivity index (χ2n) is 4.48. The van der Waals surface area contributed by atoms with Gasteiger partial charge in [-0.25, -0.2) is 4.79 Å². The molecule has 0 aromatic heterocycles. The average Bonchev–Trinajstić information content (AvgIpc) is 2.36. The van der Waals surface area contributed by atoms with Crippen molar-refractivity contribution in [2.45, 2.75) is 19.3 Å². The maximum Gasteiger partial charge on any atom is 0.318 e. The normalized spacial score (nSPS) is 10.6. The van der Waals surface area contributed by atoms with Gasteiger partial charge in [0.25, 0.3) is 5.91 Å². The second kappa shape index (κ2) is 5.99. The van der Waals surface area contributed by atoms with Gasteiger partial charge in [0, 0.05) is 0 Å². The highest BCUT2D eigenvalue weighted by Crippen LogP contribution is 2.24. The minimum atomic E-state index is -0.983. The summed E-state index contributed by atoms with van der Waals surface area (Å²) in [5, 5.41) is 1.81. The van der Waals surface area contributed by atoms with Crippen molar-refractivity contribution >= 4 is 17.9 Å². The van der Waals surface area contributed by atoms with Crippen LogP contribution < -0.4 is 11.1 Å². The molecule has 0 aliphatic heterocycles. The van der Waals surface area contributed by atoms with Crippen molar-refractivity contribution < 1.29 is 19.1 Å². The summed E-state index contributed by atoms with van der Waals surface area (Å²) >= 11 is 0. The number of amides is 3. The van der Waals surface area contributed by atoms with Crippen LogP contribution in [-0.4, -0.2) is 24.5 Å². The number of hydrogen-bond acceptors (Lipinski definition) is 4. The highest BCUT2D eigenvalue weighted by atomic mass is 16.5. The molecular formula is C13H16N2O4. The monoisotopic (exact) mass is 264 g/mol. The number of nitrogens with one attached hydrogen (secondary N) is 1. The lowest BCUT2D eigenvalue weighted by molar-refractivity contribution is -0.153. The molecule has 6 heteroatoms. The molecule has 6 nitrogen and oxygen atoms in total. The number of carbonyl (C=O) groups is 3. The molecule has 3 amide bonds. The predicted molar refractivity (Wildman–Crippen MR) is 68.2 cm³/mol. The highest BCUT2D eigenvalue weighted by molar-refractivity contribution is 5.95. The molecule has 0 heterocycles. The van der Waals surface area contributed by atoms with Gasteiger partial charge in [-0.15, -0.1) is 0 Å². The second-order valence-corrected chi connectivity index (χ2v) is 4.48. The van der Waals surface area contributed by atoms with Gasteiger partial charge in [-0.1, -0.05) is 30.3 Å². The molecule has 0 radical (unpaired) electrons. The minimum Gasteiger partial charge on any atom is -0.455 e. The average molecular weight is 264 g/mol. The van der Waals surface area contributed by atoms with Gasteiger partial charge in [0.05, 0.1) is 5.41 Å². The van der Waals surface area contributed by atoms with Crippen LogP contribution in [0.25, 0.3) is 0 Å². The Bertz CT molecular complexity index is 483. The van der Waals surface area contributed by atoms with Crippen LogP contribution in [0.3, 0.4) is 0 Å². The lowest BCUT2D eigenvalue weighted by Gasteiger charge is -2.22. The van der Waals surface area contributed by atoms with E-state index in [1.165, 1.54) is 0 Å². The Morgan fingerprint density at radius 2 is 1.79 bits per heavy atom. The van der Waals surface area contributed by atoms with Crippen molar-refractivity contribution in [3.63, 3.8) is 0 Å². The molecule has 0 unspecified atom stereocenters. The van der Waals surface area contributed by atoms with Crippen LogP contribution in [0.5, 0.6) is 0 Å². The molecule has 0 atom stereocenters. The first kappa shape index (κ1) is 14.7. The van der Waals surface area contributed by atoms with Gasteiger partial charge in [-0.2, -0.15) is 0 Å². The molecule has 19 heavy (non-hydrogen) atoms. The summed E-state index contributed by atoms with van der Waals surface area (Å²) in [4.78, 5) is 33.5. The summed E-state index contributed by atoms with van der Waals surface area (Å²) < 4.78 is 4.87. The Labute approximate surface area is 110 Å². The van der Waals surface area contributed by atoms with Crippen LogP contribution in [0.15, 0.2) is 30.3 Å². The summed E-state index contributed by atoms with van der Waals surface area (Å²) in [5.41, 5.74) is 4.66. The van der Waals surface area contributed by atoms with Crippen molar-refractivity contribution in [3.05, 3.63) is 35.9 Å². The number of urea groups is 1.